The van der Waals surface area contributed by atoms with Crippen molar-refractivity contribution in [2.75, 3.05) is 0 Å². The third-order valence-electron chi connectivity index (χ3n) is 2.48. The van der Waals surface area contributed by atoms with Gasteiger partial charge in [0.05, 0.1) is 0 Å². The van der Waals surface area contributed by atoms with E-state index < -0.39 is 5.60 Å². The third kappa shape index (κ3) is 2.00. The lowest BCUT2D eigenvalue weighted by Gasteiger charge is -2.24. The van der Waals surface area contributed by atoms with Crippen LogP contribution in [0.5, 0.6) is 0 Å². The Hall–Kier alpha value is -0.640. The van der Waals surface area contributed by atoms with Gasteiger partial charge in [0.15, 0.2) is 0 Å². The van der Waals surface area contributed by atoms with Crippen molar-refractivity contribution in [2.45, 2.75) is 12.5 Å². The Balaban J connectivity index is 2.51. The molecular formula is C12H11BrOS. The van der Waals surface area contributed by atoms with Gasteiger partial charge in [-0.3, -0.25) is 0 Å². The average molecular weight is 283 g/mol. The number of benzene rings is 1. The van der Waals surface area contributed by atoms with Crippen molar-refractivity contribution in [1.29, 1.82) is 0 Å². The Morgan fingerprint density at radius 2 is 2.00 bits per heavy atom. The first-order valence-corrected chi connectivity index (χ1v) is 6.36. The summed E-state index contributed by atoms with van der Waals surface area (Å²) >= 11 is 5.05. The zero-order valence-corrected chi connectivity index (χ0v) is 10.7. The van der Waals surface area contributed by atoms with Crippen molar-refractivity contribution < 1.29 is 5.11 Å². The topological polar surface area (TPSA) is 20.2 Å². The van der Waals surface area contributed by atoms with Crippen molar-refractivity contribution in [3.8, 4) is 0 Å². The first-order valence-electron chi connectivity index (χ1n) is 4.62. The maximum Gasteiger partial charge on any atom is 0.114 e. The third-order valence-corrected chi connectivity index (χ3v) is 3.86. The van der Waals surface area contributed by atoms with Crippen LogP contribution in [-0.4, -0.2) is 5.11 Å². The standard InChI is InChI=1S/C12H11BrOS/c1-12(14,9-6-7-15-8-9)10-4-2-3-5-11(10)13/h2-8,14H,1H3. The molecule has 1 atom stereocenters. The summed E-state index contributed by atoms with van der Waals surface area (Å²) in [6.45, 7) is 1.81. The van der Waals surface area contributed by atoms with Crippen LogP contribution in [0.3, 0.4) is 0 Å². The summed E-state index contributed by atoms with van der Waals surface area (Å²) in [7, 11) is 0. The van der Waals surface area contributed by atoms with Crippen molar-refractivity contribution in [1.82, 2.24) is 0 Å². The molecule has 1 aromatic heterocycles. The van der Waals surface area contributed by atoms with Gasteiger partial charge in [0.25, 0.3) is 0 Å². The first-order chi connectivity index (χ1) is 7.12. The highest BCUT2D eigenvalue weighted by atomic mass is 79.9. The molecule has 1 aromatic carbocycles. The van der Waals surface area contributed by atoms with E-state index in [1.807, 2.05) is 48.0 Å². The molecule has 1 N–H and O–H groups in total. The van der Waals surface area contributed by atoms with E-state index in [1.165, 1.54) is 0 Å². The minimum atomic E-state index is -0.930. The van der Waals surface area contributed by atoms with Gasteiger partial charge in [0.1, 0.15) is 5.60 Å². The second-order valence-corrected chi connectivity index (χ2v) is 5.20. The van der Waals surface area contributed by atoms with Gasteiger partial charge in [-0.15, -0.1) is 0 Å². The molecule has 0 amide bonds. The van der Waals surface area contributed by atoms with Crippen LogP contribution in [0.1, 0.15) is 18.1 Å². The second kappa shape index (κ2) is 4.08. The van der Waals surface area contributed by atoms with Gasteiger partial charge >= 0.3 is 0 Å². The van der Waals surface area contributed by atoms with E-state index in [2.05, 4.69) is 15.9 Å². The largest absolute Gasteiger partial charge is 0.381 e. The fraction of sp³-hybridized carbons (Fsp3) is 0.167. The number of rotatable bonds is 2. The summed E-state index contributed by atoms with van der Waals surface area (Å²) < 4.78 is 0.932. The highest BCUT2D eigenvalue weighted by Crippen LogP contribution is 2.34. The van der Waals surface area contributed by atoms with Gasteiger partial charge in [-0.2, -0.15) is 11.3 Å². The predicted molar refractivity (Wildman–Crippen MR) is 67.1 cm³/mol. The zero-order chi connectivity index (χ0) is 10.9. The Bertz CT molecular complexity index is 448. The SMILES string of the molecule is CC(O)(c1ccsc1)c1ccccc1Br. The van der Waals surface area contributed by atoms with E-state index in [-0.39, 0.29) is 0 Å². The van der Waals surface area contributed by atoms with E-state index in [9.17, 15) is 5.11 Å². The number of aliphatic hydroxyl groups is 1. The normalized spacial score (nSPS) is 14.9. The second-order valence-electron chi connectivity index (χ2n) is 3.56. The number of hydrogen-bond donors (Lipinski definition) is 1. The molecule has 0 aliphatic carbocycles. The van der Waals surface area contributed by atoms with E-state index >= 15 is 0 Å². The lowest BCUT2D eigenvalue weighted by Crippen LogP contribution is -2.22. The van der Waals surface area contributed by atoms with Gasteiger partial charge in [-0.05, 0) is 35.4 Å². The summed E-state index contributed by atoms with van der Waals surface area (Å²) in [4.78, 5) is 0. The summed E-state index contributed by atoms with van der Waals surface area (Å²) in [5.74, 6) is 0. The molecule has 1 nitrogen and oxygen atoms in total. The Morgan fingerprint density at radius 1 is 1.27 bits per heavy atom. The summed E-state index contributed by atoms with van der Waals surface area (Å²) in [6, 6.07) is 9.69. The molecule has 2 rings (SSSR count). The van der Waals surface area contributed by atoms with Gasteiger partial charge < -0.3 is 5.11 Å². The van der Waals surface area contributed by atoms with Crippen molar-refractivity contribution in [3.63, 3.8) is 0 Å². The molecule has 0 aliphatic rings. The zero-order valence-electron chi connectivity index (χ0n) is 8.27. The van der Waals surface area contributed by atoms with Gasteiger partial charge in [-0.1, -0.05) is 34.1 Å². The summed E-state index contributed by atoms with van der Waals surface area (Å²) in [5.41, 5.74) is 0.892. The minimum Gasteiger partial charge on any atom is -0.381 e. The first kappa shape index (κ1) is 10.9. The molecule has 3 heteroatoms. The van der Waals surface area contributed by atoms with Crippen LogP contribution in [0.15, 0.2) is 45.6 Å². The van der Waals surface area contributed by atoms with E-state index in [4.69, 9.17) is 0 Å². The van der Waals surface area contributed by atoms with Crippen LogP contribution in [0.2, 0.25) is 0 Å². The molecule has 0 bridgehead atoms. The molecule has 15 heavy (non-hydrogen) atoms. The van der Waals surface area contributed by atoms with E-state index in [0.29, 0.717) is 0 Å². The lowest BCUT2D eigenvalue weighted by atomic mass is 9.90. The molecule has 0 fully saturated rings. The monoisotopic (exact) mass is 282 g/mol. The maximum atomic E-state index is 10.5. The molecule has 78 valence electrons. The van der Waals surface area contributed by atoms with Crippen molar-refractivity contribution in [2.24, 2.45) is 0 Å². The van der Waals surface area contributed by atoms with Crippen LogP contribution < -0.4 is 0 Å². The van der Waals surface area contributed by atoms with Crippen LogP contribution in [0.4, 0.5) is 0 Å². The van der Waals surface area contributed by atoms with Crippen molar-refractivity contribution >= 4 is 27.3 Å². The fourth-order valence-corrected chi connectivity index (χ4v) is 2.98. The number of halogens is 1. The highest BCUT2D eigenvalue weighted by molar-refractivity contribution is 9.10. The fourth-order valence-electron chi connectivity index (χ4n) is 1.55. The summed E-state index contributed by atoms with van der Waals surface area (Å²) in [6.07, 6.45) is 0. The molecule has 2 aromatic rings. The van der Waals surface area contributed by atoms with Crippen LogP contribution >= 0.6 is 27.3 Å². The van der Waals surface area contributed by atoms with E-state index in [1.54, 1.807) is 11.3 Å². The molecule has 0 saturated heterocycles. The van der Waals surface area contributed by atoms with Gasteiger partial charge in [-0.25, -0.2) is 0 Å². The van der Waals surface area contributed by atoms with Crippen LogP contribution in [0.25, 0.3) is 0 Å². The van der Waals surface area contributed by atoms with Gasteiger partial charge in [0, 0.05) is 10.0 Å². The van der Waals surface area contributed by atoms with E-state index in [0.717, 1.165) is 15.6 Å². The Kier molecular flexibility index (Phi) is 2.96. The molecule has 1 heterocycles. The predicted octanol–water partition coefficient (Wildman–Crippen LogP) is 3.77. The molecule has 0 radical (unpaired) electrons. The van der Waals surface area contributed by atoms with Crippen LogP contribution in [0, 0.1) is 0 Å². The molecule has 1 unspecified atom stereocenters. The molecule has 0 spiro atoms. The van der Waals surface area contributed by atoms with Gasteiger partial charge in [0.2, 0.25) is 0 Å². The molecule has 0 saturated carbocycles. The average Bonchev–Trinajstić information content (AvgIpc) is 2.71. The molecule has 0 aliphatic heterocycles. The highest BCUT2D eigenvalue weighted by Gasteiger charge is 2.27. The Labute approximate surface area is 102 Å². The summed E-state index contributed by atoms with van der Waals surface area (Å²) in [5, 5.41) is 14.4. The van der Waals surface area contributed by atoms with Crippen molar-refractivity contribution in [3.05, 3.63) is 56.7 Å². The molecular weight excluding hydrogens is 272 g/mol. The smallest absolute Gasteiger partial charge is 0.114 e. The quantitative estimate of drug-likeness (QED) is 0.889. The Morgan fingerprint density at radius 3 is 2.60 bits per heavy atom. The van der Waals surface area contributed by atoms with Crippen LogP contribution in [-0.2, 0) is 5.60 Å². The lowest BCUT2D eigenvalue weighted by molar-refractivity contribution is 0.102. The number of thiophene rings is 1. The maximum absolute atomic E-state index is 10.5. The number of hydrogen-bond acceptors (Lipinski definition) is 2. The minimum absolute atomic E-state index is 0.892.